The zero-order chi connectivity index (χ0) is 12.3. The number of hydrogen-bond donors (Lipinski definition) is 2. The van der Waals surface area contributed by atoms with Crippen molar-refractivity contribution < 1.29 is 4.79 Å². The molecule has 1 amide bonds. The van der Waals surface area contributed by atoms with E-state index in [1.807, 2.05) is 24.3 Å². The second-order valence-corrected chi connectivity index (χ2v) is 5.72. The molecule has 3 N–H and O–H groups in total. The van der Waals surface area contributed by atoms with Crippen molar-refractivity contribution in [1.29, 1.82) is 0 Å². The summed E-state index contributed by atoms with van der Waals surface area (Å²) in [7, 11) is 0. The molecule has 0 saturated heterocycles. The Morgan fingerprint density at radius 1 is 1.47 bits per heavy atom. The Bertz CT molecular complexity index is 416. The lowest BCUT2D eigenvalue weighted by Crippen LogP contribution is -2.55. The van der Waals surface area contributed by atoms with Crippen LogP contribution in [0.3, 0.4) is 0 Å². The molecule has 0 aliphatic heterocycles. The van der Waals surface area contributed by atoms with Crippen molar-refractivity contribution in [3.63, 3.8) is 0 Å². The summed E-state index contributed by atoms with van der Waals surface area (Å²) in [6.45, 7) is 0.597. The molecular weight excluding hydrogens is 280 g/mol. The van der Waals surface area contributed by atoms with Gasteiger partial charge in [-0.15, -0.1) is 0 Å². The normalized spacial score (nSPS) is 17.3. The summed E-state index contributed by atoms with van der Waals surface area (Å²) >= 11 is 3.39. The van der Waals surface area contributed by atoms with Crippen LogP contribution in [0.25, 0.3) is 0 Å². The van der Waals surface area contributed by atoms with Crippen molar-refractivity contribution in [3.8, 4) is 0 Å². The van der Waals surface area contributed by atoms with E-state index in [-0.39, 0.29) is 11.4 Å². The number of carbonyl (C=O) groups is 1. The molecule has 1 fully saturated rings. The van der Waals surface area contributed by atoms with Crippen molar-refractivity contribution in [2.24, 2.45) is 5.73 Å². The van der Waals surface area contributed by atoms with Crippen LogP contribution in [0.4, 0.5) is 0 Å². The molecule has 1 aliphatic rings. The number of nitrogens with two attached hydrogens (primary N) is 1. The topological polar surface area (TPSA) is 55.1 Å². The molecule has 1 aromatic carbocycles. The van der Waals surface area contributed by atoms with Gasteiger partial charge in [-0.2, -0.15) is 0 Å². The SMILES string of the molecule is NC1(CNC(=O)Cc2cccc(Br)c2)CCC1. The molecule has 4 heteroatoms. The first-order valence-corrected chi connectivity index (χ1v) is 6.67. The quantitative estimate of drug-likeness (QED) is 0.893. The Labute approximate surface area is 110 Å². The summed E-state index contributed by atoms with van der Waals surface area (Å²) in [5.41, 5.74) is 6.91. The number of amides is 1. The minimum atomic E-state index is -0.146. The lowest BCUT2D eigenvalue weighted by atomic mass is 9.78. The van der Waals surface area contributed by atoms with Crippen LogP contribution in [0.2, 0.25) is 0 Å². The standard InChI is InChI=1S/C13H17BrN2O/c14-11-4-1-3-10(7-11)8-12(17)16-9-13(15)5-2-6-13/h1,3-4,7H,2,5-6,8-9,15H2,(H,16,17). The zero-order valence-corrected chi connectivity index (χ0v) is 11.3. The van der Waals surface area contributed by atoms with Gasteiger partial charge in [0, 0.05) is 16.6 Å². The third kappa shape index (κ3) is 3.54. The van der Waals surface area contributed by atoms with Crippen molar-refractivity contribution in [1.82, 2.24) is 5.32 Å². The van der Waals surface area contributed by atoms with Crippen LogP contribution in [0, 0.1) is 0 Å². The summed E-state index contributed by atoms with van der Waals surface area (Å²) < 4.78 is 0.997. The van der Waals surface area contributed by atoms with Crippen LogP contribution in [0.5, 0.6) is 0 Å². The monoisotopic (exact) mass is 296 g/mol. The Kier molecular flexibility index (Phi) is 3.84. The molecule has 17 heavy (non-hydrogen) atoms. The number of carbonyl (C=O) groups excluding carboxylic acids is 1. The summed E-state index contributed by atoms with van der Waals surface area (Å²) in [5, 5.41) is 2.91. The van der Waals surface area contributed by atoms with Gasteiger partial charge in [0.2, 0.25) is 5.91 Å². The Hall–Kier alpha value is -0.870. The van der Waals surface area contributed by atoms with E-state index in [1.165, 1.54) is 6.42 Å². The zero-order valence-electron chi connectivity index (χ0n) is 9.71. The largest absolute Gasteiger partial charge is 0.354 e. The van der Waals surface area contributed by atoms with Crippen LogP contribution < -0.4 is 11.1 Å². The summed E-state index contributed by atoms with van der Waals surface area (Å²) in [6, 6.07) is 7.79. The fourth-order valence-corrected chi connectivity index (χ4v) is 2.42. The predicted molar refractivity (Wildman–Crippen MR) is 71.6 cm³/mol. The molecule has 0 spiro atoms. The van der Waals surface area contributed by atoms with Crippen LogP contribution in [-0.4, -0.2) is 18.0 Å². The average molecular weight is 297 g/mol. The fourth-order valence-electron chi connectivity index (χ4n) is 1.98. The van der Waals surface area contributed by atoms with Crippen molar-refractivity contribution >= 4 is 21.8 Å². The second-order valence-electron chi connectivity index (χ2n) is 4.80. The number of rotatable bonds is 4. The number of hydrogen-bond acceptors (Lipinski definition) is 2. The molecule has 1 aliphatic carbocycles. The molecular formula is C13H17BrN2O. The molecule has 0 unspecified atom stereocenters. The van der Waals surface area contributed by atoms with E-state index in [4.69, 9.17) is 5.73 Å². The number of halogens is 1. The van der Waals surface area contributed by atoms with Gasteiger partial charge < -0.3 is 11.1 Å². The van der Waals surface area contributed by atoms with Gasteiger partial charge in [0.05, 0.1) is 6.42 Å². The molecule has 92 valence electrons. The van der Waals surface area contributed by atoms with Gasteiger partial charge in [-0.25, -0.2) is 0 Å². The van der Waals surface area contributed by atoms with Gasteiger partial charge in [-0.05, 0) is 37.0 Å². The van der Waals surface area contributed by atoms with Crippen LogP contribution in [0.15, 0.2) is 28.7 Å². The minimum Gasteiger partial charge on any atom is -0.354 e. The van der Waals surface area contributed by atoms with Crippen molar-refractivity contribution in [3.05, 3.63) is 34.3 Å². The lowest BCUT2D eigenvalue weighted by molar-refractivity contribution is -0.120. The molecule has 1 saturated carbocycles. The van der Waals surface area contributed by atoms with Crippen LogP contribution in [-0.2, 0) is 11.2 Å². The van der Waals surface area contributed by atoms with Gasteiger partial charge in [-0.3, -0.25) is 4.79 Å². The maximum absolute atomic E-state index is 11.7. The molecule has 0 radical (unpaired) electrons. The molecule has 0 aromatic heterocycles. The smallest absolute Gasteiger partial charge is 0.224 e. The van der Waals surface area contributed by atoms with Gasteiger partial charge in [0.1, 0.15) is 0 Å². The van der Waals surface area contributed by atoms with Gasteiger partial charge in [0.25, 0.3) is 0 Å². The minimum absolute atomic E-state index is 0.0415. The first kappa shape index (κ1) is 12.6. The Balaban J connectivity index is 1.81. The second kappa shape index (κ2) is 5.19. The summed E-state index contributed by atoms with van der Waals surface area (Å²) in [6.07, 6.45) is 3.63. The first-order valence-electron chi connectivity index (χ1n) is 5.87. The fraction of sp³-hybridized carbons (Fsp3) is 0.462. The summed E-state index contributed by atoms with van der Waals surface area (Å²) in [5.74, 6) is 0.0415. The van der Waals surface area contributed by atoms with Gasteiger partial charge in [0.15, 0.2) is 0 Å². The Morgan fingerprint density at radius 2 is 2.24 bits per heavy atom. The van der Waals surface area contributed by atoms with E-state index >= 15 is 0 Å². The predicted octanol–water partition coefficient (Wildman–Crippen LogP) is 1.99. The maximum atomic E-state index is 11.7. The lowest BCUT2D eigenvalue weighted by Gasteiger charge is -2.38. The molecule has 0 atom stereocenters. The Morgan fingerprint density at radius 3 is 2.82 bits per heavy atom. The van der Waals surface area contributed by atoms with Crippen molar-refractivity contribution in [2.45, 2.75) is 31.2 Å². The highest BCUT2D eigenvalue weighted by Gasteiger charge is 2.32. The third-order valence-corrected chi connectivity index (χ3v) is 3.73. The summed E-state index contributed by atoms with van der Waals surface area (Å²) in [4.78, 5) is 11.7. The number of nitrogens with one attached hydrogen (secondary N) is 1. The van der Waals surface area contributed by atoms with E-state index in [9.17, 15) is 4.79 Å². The van der Waals surface area contributed by atoms with Crippen molar-refractivity contribution in [2.75, 3.05) is 6.54 Å². The highest BCUT2D eigenvalue weighted by atomic mass is 79.9. The van der Waals surface area contributed by atoms with E-state index in [2.05, 4.69) is 21.2 Å². The first-order chi connectivity index (χ1) is 8.07. The average Bonchev–Trinajstić information content (AvgIpc) is 2.24. The van der Waals surface area contributed by atoms with Crippen LogP contribution in [0.1, 0.15) is 24.8 Å². The molecule has 0 bridgehead atoms. The highest BCUT2D eigenvalue weighted by Crippen LogP contribution is 2.28. The van der Waals surface area contributed by atoms with Gasteiger partial charge in [-0.1, -0.05) is 28.1 Å². The highest BCUT2D eigenvalue weighted by molar-refractivity contribution is 9.10. The molecule has 2 rings (SSSR count). The molecule has 1 aromatic rings. The molecule has 3 nitrogen and oxygen atoms in total. The van der Waals surface area contributed by atoms with E-state index in [1.54, 1.807) is 0 Å². The number of benzene rings is 1. The van der Waals surface area contributed by atoms with E-state index in [0.29, 0.717) is 13.0 Å². The van der Waals surface area contributed by atoms with Crippen LogP contribution >= 0.6 is 15.9 Å². The van der Waals surface area contributed by atoms with E-state index in [0.717, 1.165) is 22.9 Å². The maximum Gasteiger partial charge on any atom is 0.224 e. The van der Waals surface area contributed by atoms with E-state index < -0.39 is 0 Å². The molecule has 0 heterocycles. The van der Waals surface area contributed by atoms with Gasteiger partial charge >= 0.3 is 0 Å². The third-order valence-electron chi connectivity index (χ3n) is 3.24.